The minimum atomic E-state index is -0.521. The lowest BCUT2D eigenvalue weighted by Gasteiger charge is -2.33. The molecule has 25 heavy (non-hydrogen) atoms. The summed E-state index contributed by atoms with van der Waals surface area (Å²) in [7, 11) is 1.91. The highest BCUT2D eigenvalue weighted by atomic mass is 32.1. The normalized spacial score (nSPS) is 18.0. The minimum absolute atomic E-state index is 0.0265. The van der Waals surface area contributed by atoms with Gasteiger partial charge in [-0.15, -0.1) is 11.3 Å². The van der Waals surface area contributed by atoms with Gasteiger partial charge in [0.15, 0.2) is 4.96 Å². The first-order valence-electron chi connectivity index (χ1n) is 8.45. The van der Waals surface area contributed by atoms with Gasteiger partial charge in [-0.05, 0) is 31.8 Å². The minimum Gasteiger partial charge on any atom is -0.385 e. The number of likely N-dealkylation sites (tertiary alicyclic amines) is 1. The number of fused-ring (bicyclic) bond motifs is 1. The van der Waals surface area contributed by atoms with Crippen molar-refractivity contribution >= 4 is 16.3 Å². The van der Waals surface area contributed by atoms with E-state index in [9.17, 15) is 9.90 Å². The van der Waals surface area contributed by atoms with E-state index in [4.69, 9.17) is 0 Å². The predicted molar refractivity (Wildman–Crippen MR) is 95.5 cm³/mol. The van der Waals surface area contributed by atoms with Crippen molar-refractivity contribution < 1.29 is 5.11 Å². The molecule has 1 aliphatic heterocycles. The summed E-state index contributed by atoms with van der Waals surface area (Å²) in [5, 5.41) is 12.4. The average molecular weight is 359 g/mol. The molecule has 0 amide bonds. The van der Waals surface area contributed by atoms with Gasteiger partial charge in [-0.3, -0.25) is 14.1 Å². The van der Waals surface area contributed by atoms with Crippen molar-refractivity contribution in [3.8, 4) is 0 Å². The van der Waals surface area contributed by atoms with Crippen molar-refractivity contribution in [2.45, 2.75) is 25.5 Å². The first kappa shape index (κ1) is 16.4. The maximum atomic E-state index is 12.1. The number of hydrogen-bond donors (Lipinski definition) is 1. The van der Waals surface area contributed by atoms with Crippen LogP contribution in [-0.4, -0.2) is 42.0 Å². The van der Waals surface area contributed by atoms with E-state index < -0.39 is 6.10 Å². The summed E-state index contributed by atoms with van der Waals surface area (Å²) in [6.07, 6.45) is 6.64. The zero-order valence-corrected chi connectivity index (χ0v) is 14.9. The molecule has 1 fully saturated rings. The lowest BCUT2D eigenvalue weighted by atomic mass is 9.90. The van der Waals surface area contributed by atoms with Crippen molar-refractivity contribution in [2.75, 3.05) is 13.1 Å². The summed E-state index contributed by atoms with van der Waals surface area (Å²) in [4.78, 5) is 24.0. The Morgan fingerprint density at radius 2 is 2.16 bits per heavy atom. The molecule has 7 nitrogen and oxygen atoms in total. The highest BCUT2D eigenvalue weighted by Gasteiger charge is 2.28. The summed E-state index contributed by atoms with van der Waals surface area (Å²) < 4.78 is 3.45. The lowest BCUT2D eigenvalue weighted by molar-refractivity contribution is 0.0489. The van der Waals surface area contributed by atoms with Gasteiger partial charge in [0.05, 0.1) is 5.69 Å². The number of aryl methyl sites for hydroxylation is 1. The molecular formula is C17H21N5O2S. The van der Waals surface area contributed by atoms with Crippen LogP contribution >= 0.6 is 11.3 Å². The number of imidazole rings is 1. The molecule has 0 aromatic carbocycles. The van der Waals surface area contributed by atoms with Crippen LogP contribution in [0.2, 0.25) is 0 Å². The first-order chi connectivity index (χ1) is 12.1. The predicted octanol–water partition coefficient (Wildman–Crippen LogP) is 1.44. The number of thiazole rings is 1. The number of aliphatic hydroxyl groups is 1. The highest BCUT2D eigenvalue weighted by molar-refractivity contribution is 7.15. The molecule has 1 aliphatic rings. The molecule has 1 saturated heterocycles. The standard InChI is InChI=1S/C17H21N5O2S/c1-20-7-4-18-16(20)15(24)12-2-5-21(6-3-12)11-13-10-14(23)22-8-9-25-17(22)19-13/h4,7-10,12,15,24H,2-3,5-6,11H2,1H3. The number of piperidine rings is 1. The molecule has 0 radical (unpaired) electrons. The van der Waals surface area contributed by atoms with Crippen LogP contribution in [-0.2, 0) is 13.6 Å². The Hall–Kier alpha value is -2.03. The SMILES string of the molecule is Cn1ccnc1C(O)C1CCN(Cc2cc(=O)n3ccsc3n2)CC1. The third-order valence-electron chi connectivity index (χ3n) is 4.94. The zero-order valence-electron chi connectivity index (χ0n) is 14.1. The molecule has 4 rings (SSSR count). The lowest BCUT2D eigenvalue weighted by Crippen LogP contribution is -2.36. The van der Waals surface area contributed by atoms with E-state index in [1.807, 2.05) is 23.2 Å². The van der Waals surface area contributed by atoms with Crippen LogP contribution in [0.15, 0.2) is 34.8 Å². The van der Waals surface area contributed by atoms with Gasteiger partial charge in [0.1, 0.15) is 11.9 Å². The van der Waals surface area contributed by atoms with Crippen LogP contribution in [0.1, 0.15) is 30.5 Å². The summed E-state index contributed by atoms with van der Waals surface area (Å²) in [6.45, 7) is 2.45. The van der Waals surface area contributed by atoms with E-state index in [-0.39, 0.29) is 11.5 Å². The molecule has 3 aromatic heterocycles. The van der Waals surface area contributed by atoms with Gasteiger partial charge in [0, 0.05) is 43.6 Å². The Morgan fingerprint density at radius 1 is 1.36 bits per heavy atom. The van der Waals surface area contributed by atoms with E-state index in [2.05, 4.69) is 14.9 Å². The van der Waals surface area contributed by atoms with Gasteiger partial charge in [-0.1, -0.05) is 0 Å². The molecule has 132 valence electrons. The number of nitrogens with zero attached hydrogens (tertiary/aromatic N) is 5. The Labute approximate surface area is 149 Å². The van der Waals surface area contributed by atoms with Crippen molar-refractivity contribution in [3.05, 3.63) is 51.9 Å². The molecule has 1 N–H and O–H groups in total. The molecule has 8 heteroatoms. The quantitative estimate of drug-likeness (QED) is 0.763. The maximum absolute atomic E-state index is 12.1. The maximum Gasteiger partial charge on any atom is 0.258 e. The highest BCUT2D eigenvalue weighted by Crippen LogP contribution is 2.30. The Balaban J connectivity index is 1.40. The van der Waals surface area contributed by atoms with Crippen molar-refractivity contribution in [1.82, 2.24) is 23.8 Å². The smallest absolute Gasteiger partial charge is 0.258 e. The van der Waals surface area contributed by atoms with Crippen LogP contribution in [0.4, 0.5) is 0 Å². The van der Waals surface area contributed by atoms with E-state index in [0.29, 0.717) is 6.54 Å². The fraction of sp³-hybridized carbons (Fsp3) is 0.471. The monoisotopic (exact) mass is 359 g/mol. The van der Waals surface area contributed by atoms with E-state index >= 15 is 0 Å². The number of aliphatic hydroxyl groups excluding tert-OH is 1. The molecule has 0 saturated carbocycles. The largest absolute Gasteiger partial charge is 0.385 e. The van der Waals surface area contributed by atoms with Gasteiger partial charge in [-0.25, -0.2) is 9.97 Å². The molecule has 3 aromatic rings. The number of hydrogen-bond acceptors (Lipinski definition) is 6. The zero-order chi connectivity index (χ0) is 17.4. The molecule has 1 unspecified atom stereocenters. The fourth-order valence-electron chi connectivity index (χ4n) is 3.50. The van der Waals surface area contributed by atoms with Crippen molar-refractivity contribution in [3.63, 3.8) is 0 Å². The van der Waals surface area contributed by atoms with E-state index in [1.165, 1.54) is 11.3 Å². The van der Waals surface area contributed by atoms with Crippen LogP contribution in [0, 0.1) is 5.92 Å². The van der Waals surface area contributed by atoms with E-state index in [0.717, 1.165) is 42.4 Å². The van der Waals surface area contributed by atoms with Crippen molar-refractivity contribution in [1.29, 1.82) is 0 Å². The second kappa shape index (κ2) is 6.70. The fourth-order valence-corrected chi connectivity index (χ4v) is 4.24. The molecule has 0 bridgehead atoms. The Bertz CT molecular complexity index is 922. The number of aromatic nitrogens is 4. The molecular weight excluding hydrogens is 338 g/mol. The molecule has 0 spiro atoms. The Kier molecular flexibility index (Phi) is 4.41. The summed E-state index contributed by atoms with van der Waals surface area (Å²) in [5.41, 5.74) is 0.789. The summed E-state index contributed by atoms with van der Waals surface area (Å²) >= 11 is 1.47. The second-order valence-corrected chi connectivity index (χ2v) is 7.47. The van der Waals surface area contributed by atoms with Crippen LogP contribution in [0.5, 0.6) is 0 Å². The van der Waals surface area contributed by atoms with E-state index in [1.54, 1.807) is 22.9 Å². The van der Waals surface area contributed by atoms with Crippen LogP contribution < -0.4 is 5.56 Å². The second-order valence-electron chi connectivity index (χ2n) is 6.60. The third kappa shape index (κ3) is 3.24. The number of rotatable bonds is 4. The van der Waals surface area contributed by atoms with Gasteiger partial charge >= 0.3 is 0 Å². The summed E-state index contributed by atoms with van der Waals surface area (Å²) in [5.74, 6) is 0.951. The van der Waals surface area contributed by atoms with Crippen LogP contribution in [0.3, 0.4) is 0 Å². The molecule has 0 aliphatic carbocycles. The molecule has 1 atom stereocenters. The molecule has 4 heterocycles. The summed E-state index contributed by atoms with van der Waals surface area (Å²) in [6, 6.07) is 1.62. The van der Waals surface area contributed by atoms with Gasteiger partial charge in [-0.2, -0.15) is 0 Å². The Morgan fingerprint density at radius 3 is 2.88 bits per heavy atom. The topological polar surface area (TPSA) is 75.7 Å². The van der Waals surface area contributed by atoms with Gasteiger partial charge < -0.3 is 9.67 Å². The van der Waals surface area contributed by atoms with Gasteiger partial charge in [0.2, 0.25) is 0 Å². The van der Waals surface area contributed by atoms with Crippen LogP contribution in [0.25, 0.3) is 4.96 Å². The average Bonchev–Trinajstić information content (AvgIpc) is 3.24. The van der Waals surface area contributed by atoms with Crippen molar-refractivity contribution in [2.24, 2.45) is 13.0 Å². The van der Waals surface area contributed by atoms with Gasteiger partial charge in [0.25, 0.3) is 5.56 Å². The third-order valence-corrected chi connectivity index (χ3v) is 5.70. The first-order valence-corrected chi connectivity index (χ1v) is 9.33.